The molecule has 1 aromatic heterocycles. The number of nitrogens with zero attached hydrogens (tertiary/aromatic N) is 1. The lowest BCUT2D eigenvalue weighted by Crippen LogP contribution is -2.26. The molecule has 0 saturated heterocycles. The maximum Gasteiger partial charge on any atom is 0.326 e. The van der Waals surface area contributed by atoms with Crippen LogP contribution in [0.3, 0.4) is 0 Å². The van der Waals surface area contributed by atoms with Gasteiger partial charge in [0.15, 0.2) is 0 Å². The van der Waals surface area contributed by atoms with Gasteiger partial charge >= 0.3 is 11.7 Å². The Labute approximate surface area is 162 Å². The summed E-state index contributed by atoms with van der Waals surface area (Å²) in [6, 6.07) is 14.7. The molecule has 2 aromatic carbocycles. The Morgan fingerprint density at radius 1 is 1.14 bits per heavy atom. The fourth-order valence-corrected chi connectivity index (χ4v) is 2.98. The normalized spacial score (nSPS) is 10.8. The molecule has 7 nitrogen and oxygen atoms in total. The second-order valence-corrected chi connectivity index (χ2v) is 6.55. The lowest BCUT2D eigenvalue weighted by atomic mass is 10.1. The van der Waals surface area contributed by atoms with E-state index in [-0.39, 0.29) is 37.1 Å². The first-order valence-electron chi connectivity index (χ1n) is 9.22. The van der Waals surface area contributed by atoms with E-state index in [1.54, 1.807) is 16.7 Å². The molecule has 7 heteroatoms. The number of fused-ring (bicyclic) bond motifs is 1. The van der Waals surface area contributed by atoms with E-state index in [9.17, 15) is 14.4 Å². The third kappa shape index (κ3) is 4.88. The van der Waals surface area contributed by atoms with Crippen LogP contribution in [0, 0.1) is 6.92 Å². The maximum atomic E-state index is 12.0. The Hall–Kier alpha value is -3.35. The molecular formula is C21H23N3O4. The molecule has 0 atom stereocenters. The second-order valence-electron chi connectivity index (χ2n) is 6.55. The Balaban J connectivity index is 1.37. The van der Waals surface area contributed by atoms with Crippen LogP contribution in [-0.4, -0.2) is 34.6 Å². The molecule has 3 aromatic rings. The number of ether oxygens (including phenoxy) is 1. The molecule has 3 rings (SSSR count). The molecule has 0 fully saturated rings. The van der Waals surface area contributed by atoms with Crippen molar-refractivity contribution in [1.82, 2.24) is 14.9 Å². The second kappa shape index (κ2) is 9.03. The third-order valence-electron chi connectivity index (χ3n) is 4.37. The smallest absolute Gasteiger partial charge is 0.326 e. The Bertz CT molecular complexity index is 1040. The molecule has 2 N–H and O–H groups in total. The van der Waals surface area contributed by atoms with Gasteiger partial charge in [0.1, 0.15) is 0 Å². The van der Waals surface area contributed by atoms with Crippen LogP contribution in [0.2, 0.25) is 0 Å². The van der Waals surface area contributed by atoms with Gasteiger partial charge in [-0.2, -0.15) is 0 Å². The van der Waals surface area contributed by atoms with Gasteiger partial charge in [-0.1, -0.05) is 29.8 Å². The van der Waals surface area contributed by atoms with Crippen LogP contribution in [0.4, 0.5) is 0 Å². The van der Waals surface area contributed by atoms with Crippen molar-refractivity contribution < 1.29 is 14.3 Å². The maximum absolute atomic E-state index is 12.0. The Kier molecular flexibility index (Phi) is 6.26. The highest BCUT2D eigenvalue weighted by atomic mass is 16.5. The van der Waals surface area contributed by atoms with E-state index in [1.807, 2.05) is 43.3 Å². The number of hydrogen-bond donors (Lipinski definition) is 2. The zero-order valence-electron chi connectivity index (χ0n) is 15.7. The number of para-hydroxylation sites is 2. The lowest BCUT2D eigenvalue weighted by Gasteiger charge is -2.07. The molecule has 0 unspecified atom stereocenters. The molecule has 1 amide bonds. The van der Waals surface area contributed by atoms with Crippen molar-refractivity contribution in [2.45, 2.75) is 26.3 Å². The number of rotatable bonds is 8. The fourth-order valence-electron chi connectivity index (χ4n) is 2.98. The predicted molar refractivity (Wildman–Crippen MR) is 106 cm³/mol. The molecule has 0 saturated carbocycles. The van der Waals surface area contributed by atoms with Crippen LogP contribution >= 0.6 is 0 Å². The average molecular weight is 381 g/mol. The van der Waals surface area contributed by atoms with Crippen molar-refractivity contribution in [3.63, 3.8) is 0 Å². The average Bonchev–Trinajstić information content (AvgIpc) is 3.00. The minimum Gasteiger partial charge on any atom is -0.466 e. The van der Waals surface area contributed by atoms with Gasteiger partial charge in [-0.05, 0) is 37.6 Å². The largest absolute Gasteiger partial charge is 0.466 e. The van der Waals surface area contributed by atoms with Gasteiger partial charge in [0, 0.05) is 18.7 Å². The highest BCUT2D eigenvalue weighted by Crippen LogP contribution is 2.09. The topological polar surface area (TPSA) is 93.2 Å². The van der Waals surface area contributed by atoms with E-state index in [0.29, 0.717) is 18.5 Å². The van der Waals surface area contributed by atoms with Crippen LogP contribution in [-0.2, 0) is 16.1 Å². The standard InChI is InChI=1S/C21H23N3O4/c1-15-6-4-7-16(14-15)20(26)22-11-10-19(25)28-13-5-12-24-18-9-3-2-8-17(18)23-21(24)27/h2-4,6-9,14H,5,10-13H2,1H3,(H,22,26)(H,23,27). The summed E-state index contributed by atoms with van der Waals surface area (Å²) < 4.78 is 6.81. The highest BCUT2D eigenvalue weighted by molar-refractivity contribution is 5.94. The van der Waals surface area contributed by atoms with Gasteiger partial charge in [0.2, 0.25) is 0 Å². The predicted octanol–water partition coefficient (Wildman–Crippen LogP) is 2.39. The quantitative estimate of drug-likeness (QED) is 0.463. The number of esters is 1. The molecule has 0 radical (unpaired) electrons. The summed E-state index contributed by atoms with van der Waals surface area (Å²) in [6.45, 7) is 2.81. The Morgan fingerprint density at radius 2 is 1.96 bits per heavy atom. The van der Waals surface area contributed by atoms with Crippen LogP contribution in [0.15, 0.2) is 53.3 Å². The summed E-state index contributed by atoms with van der Waals surface area (Å²) in [4.78, 5) is 38.6. The molecule has 0 aliphatic heterocycles. The zero-order chi connectivity index (χ0) is 19.9. The first kappa shape index (κ1) is 19.4. The number of carbonyl (C=O) groups is 2. The molecule has 0 aliphatic rings. The molecular weight excluding hydrogens is 358 g/mol. The summed E-state index contributed by atoms with van der Waals surface area (Å²) in [6.07, 6.45) is 0.633. The number of amides is 1. The summed E-state index contributed by atoms with van der Waals surface area (Å²) in [5.74, 6) is -0.592. The summed E-state index contributed by atoms with van der Waals surface area (Å²) in [5.41, 5.74) is 3.01. The van der Waals surface area contributed by atoms with Crippen molar-refractivity contribution in [1.29, 1.82) is 0 Å². The van der Waals surface area contributed by atoms with Crippen molar-refractivity contribution in [3.05, 3.63) is 70.1 Å². The Morgan fingerprint density at radius 3 is 2.79 bits per heavy atom. The van der Waals surface area contributed by atoms with E-state index >= 15 is 0 Å². The number of aromatic amines is 1. The van der Waals surface area contributed by atoms with Crippen molar-refractivity contribution in [3.8, 4) is 0 Å². The van der Waals surface area contributed by atoms with Crippen molar-refractivity contribution in [2.24, 2.45) is 0 Å². The van der Waals surface area contributed by atoms with E-state index < -0.39 is 0 Å². The molecule has 0 spiro atoms. The number of aromatic nitrogens is 2. The molecule has 1 heterocycles. The minimum atomic E-state index is -0.379. The first-order valence-corrected chi connectivity index (χ1v) is 9.22. The summed E-state index contributed by atoms with van der Waals surface area (Å²) in [7, 11) is 0. The van der Waals surface area contributed by atoms with Crippen LogP contribution in [0.25, 0.3) is 11.0 Å². The monoisotopic (exact) mass is 381 g/mol. The van der Waals surface area contributed by atoms with Crippen LogP contribution < -0.4 is 11.0 Å². The molecule has 146 valence electrons. The van der Waals surface area contributed by atoms with Gasteiger partial charge in [-0.25, -0.2) is 4.79 Å². The van der Waals surface area contributed by atoms with E-state index in [4.69, 9.17) is 4.74 Å². The van der Waals surface area contributed by atoms with E-state index in [2.05, 4.69) is 10.3 Å². The number of H-pyrrole nitrogens is 1. The minimum absolute atomic E-state index is 0.102. The van der Waals surface area contributed by atoms with Crippen LogP contribution in [0.5, 0.6) is 0 Å². The van der Waals surface area contributed by atoms with Gasteiger partial charge in [0.25, 0.3) is 5.91 Å². The molecule has 28 heavy (non-hydrogen) atoms. The van der Waals surface area contributed by atoms with Gasteiger partial charge < -0.3 is 15.0 Å². The van der Waals surface area contributed by atoms with E-state index in [1.165, 1.54) is 0 Å². The van der Waals surface area contributed by atoms with E-state index in [0.717, 1.165) is 16.6 Å². The van der Waals surface area contributed by atoms with Crippen LogP contribution in [0.1, 0.15) is 28.8 Å². The van der Waals surface area contributed by atoms with Crippen molar-refractivity contribution in [2.75, 3.05) is 13.2 Å². The lowest BCUT2D eigenvalue weighted by molar-refractivity contribution is -0.143. The number of imidazole rings is 1. The number of hydrogen-bond acceptors (Lipinski definition) is 4. The SMILES string of the molecule is Cc1cccc(C(=O)NCCC(=O)OCCCn2c(=O)[nH]c3ccccc32)c1. The number of carbonyl (C=O) groups excluding carboxylic acids is 2. The molecule has 0 bridgehead atoms. The number of benzene rings is 2. The summed E-state index contributed by atoms with van der Waals surface area (Å²) >= 11 is 0. The third-order valence-corrected chi connectivity index (χ3v) is 4.37. The van der Waals surface area contributed by atoms with Gasteiger partial charge in [-0.3, -0.25) is 14.2 Å². The first-order chi connectivity index (χ1) is 13.5. The van der Waals surface area contributed by atoms with Crippen molar-refractivity contribution >= 4 is 22.9 Å². The fraction of sp³-hybridized carbons (Fsp3) is 0.286. The number of nitrogens with one attached hydrogen (secondary N) is 2. The molecule has 0 aliphatic carbocycles. The van der Waals surface area contributed by atoms with Gasteiger partial charge in [0.05, 0.1) is 24.1 Å². The van der Waals surface area contributed by atoms with Gasteiger partial charge in [-0.15, -0.1) is 0 Å². The summed E-state index contributed by atoms with van der Waals surface area (Å²) in [5, 5.41) is 2.71. The highest BCUT2D eigenvalue weighted by Gasteiger charge is 2.09. The zero-order valence-corrected chi connectivity index (χ0v) is 15.7. The number of aryl methyl sites for hydroxylation is 2.